The van der Waals surface area contributed by atoms with Crippen LogP contribution in [0.15, 0.2) is 53.4 Å². The number of thioether (sulfide) groups is 1. The molecule has 1 saturated heterocycles. The molecule has 2 N–H and O–H groups in total. The summed E-state index contributed by atoms with van der Waals surface area (Å²) in [7, 11) is 0. The van der Waals surface area contributed by atoms with Crippen LogP contribution in [0.4, 0.5) is 0 Å². The standard InChI is InChI=1S/C20H24N2OS.ClH/c1-14-8-9-15(2)19(10-14)24-13-20(23)22-11-17(18(21)12-22)16-6-4-3-5-7-16;/h3-10,17-18H,11-13,21H2,1-2H3;1H/t17-,18+;/m0./s1. The number of rotatable bonds is 4. The average molecular weight is 377 g/mol. The molecule has 1 fully saturated rings. The van der Waals surface area contributed by atoms with Gasteiger partial charge in [0.05, 0.1) is 5.75 Å². The minimum absolute atomic E-state index is 0. The van der Waals surface area contributed by atoms with E-state index in [9.17, 15) is 4.79 Å². The molecule has 2 aromatic carbocycles. The third-order valence-corrected chi connectivity index (χ3v) is 5.78. The summed E-state index contributed by atoms with van der Waals surface area (Å²) in [6, 6.07) is 16.6. The zero-order valence-electron chi connectivity index (χ0n) is 14.6. The molecule has 1 aliphatic rings. The van der Waals surface area contributed by atoms with Crippen molar-refractivity contribution in [1.82, 2.24) is 4.90 Å². The second-order valence-electron chi connectivity index (χ2n) is 6.54. The first-order chi connectivity index (χ1) is 11.5. The number of amides is 1. The molecule has 0 radical (unpaired) electrons. The topological polar surface area (TPSA) is 46.3 Å². The van der Waals surface area contributed by atoms with E-state index in [1.165, 1.54) is 21.6 Å². The zero-order chi connectivity index (χ0) is 17.1. The molecular weight excluding hydrogens is 352 g/mol. The predicted molar refractivity (Wildman–Crippen MR) is 108 cm³/mol. The molecule has 134 valence electrons. The van der Waals surface area contributed by atoms with Gasteiger partial charge in [-0.2, -0.15) is 0 Å². The Bertz CT molecular complexity index is 723. The van der Waals surface area contributed by atoms with E-state index in [2.05, 4.69) is 44.2 Å². The van der Waals surface area contributed by atoms with Crippen molar-refractivity contribution in [2.75, 3.05) is 18.8 Å². The smallest absolute Gasteiger partial charge is 0.233 e. The lowest BCUT2D eigenvalue weighted by molar-refractivity contribution is -0.127. The molecule has 3 nitrogen and oxygen atoms in total. The number of hydrogen-bond donors (Lipinski definition) is 1. The van der Waals surface area contributed by atoms with Crippen molar-refractivity contribution in [1.29, 1.82) is 0 Å². The second-order valence-corrected chi connectivity index (χ2v) is 7.55. The highest BCUT2D eigenvalue weighted by molar-refractivity contribution is 8.00. The van der Waals surface area contributed by atoms with Gasteiger partial charge in [-0.3, -0.25) is 4.79 Å². The van der Waals surface area contributed by atoms with E-state index < -0.39 is 0 Å². The Morgan fingerprint density at radius 3 is 2.60 bits per heavy atom. The average Bonchev–Trinajstić information content (AvgIpc) is 2.98. The first-order valence-corrected chi connectivity index (χ1v) is 9.31. The van der Waals surface area contributed by atoms with Crippen molar-refractivity contribution >= 4 is 30.1 Å². The highest BCUT2D eigenvalue weighted by Gasteiger charge is 2.33. The summed E-state index contributed by atoms with van der Waals surface area (Å²) >= 11 is 1.62. The van der Waals surface area contributed by atoms with Crippen molar-refractivity contribution < 1.29 is 4.79 Å². The summed E-state index contributed by atoms with van der Waals surface area (Å²) in [5.41, 5.74) is 9.96. The first kappa shape index (κ1) is 19.8. The van der Waals surface area contributed by atoms with Crippen LogP contribution in [0.25, 0.3) is 0 Å². The Kier molecular flexibility index (Phi) is 6.94. The molecule has 1 amide bonds. The summed E-state index contributed by atoms with van der Waals surface area (Å²) in [5, 5.41) is 0. The van der Waals surface area contributed by atoms with Gasteiger partial charge in [-0.1, -0.05) is 48.0 Å². The maximum Gasteiger partial charge on any atom is 0.233 e. The summed E-state index contributed by atoms with van der Waals surface area (Å²) in [6.07, 6.45) is 0. The molecule has 5 heteroatoms. The largest absolute Gasteiger partial charge is 0.340 e. The molecule has 0 bridgehead atoms. The number of halogens is 1. The Labute approximate surface area is 160 Å². The van der Waals surface area contributed by atoms with Crippen molar-refractivity contribution in [2.45, 2.75) is 30.7 Å². The van der Waals surface area contributed by atoms with E-state index in [1.807, 2.05) is 23.1 Å². The molecule has 2 atom stereocenters. The van der Waals surface area contributed by atoms with Gasteiger partial charge in [0.2, 0.25) is 5.91 Å². The SMILES string of the molecule is Cc1ccc(C)c(SCC(=O)N2C[C@@H](N)[C@H](c3ccccc3)C2)c1.Cl. The number of nitrogens with zero attached hydrogens (tertiary/aromatic N) is 1. The number of hydrogen-bond acceptors (Lipinski definition) is 3. The van der Waals surface area contributed by atoms with Crippen LogP contribution >= 0.6 is 24.2 Å². The predicted octanol–water partition coefficient (Wildman–Crippen LogP) is 3.77. The lowest BCUT2D eigenvalue weighted by Crippen LogP contribution is -2.33. The van der Waals surface area contributed by atoms with E-state index in [-0.39, 0.29) is 30.3 Å². The third kappa shape index (κ3) is 4.78. The first-order valence-electron chi connectivity index (χ1n) is 8.33. The Balaban J connectivity index is 0.00000225. The van der Waals surface area contributed by atoms with Crippen LogP contribution in [0.3, 0.4) is 0 Å². The molecule has 1 heterocycles. The third-order valence-electron chi connectivity index (χ3n) is 4.64. The van der Waals surface area contributed by atoms with Gasteiger partial charge >= 0.3 is 0 Å². The maximum atomic E-state index is 12.6. The van der Waals surface area contributed by atoms with E-state index >= 15 is 0 Å². The minimum Gasteiger partial charge on any atom is -0.340 e. The van der Waals surface area contributed by atoms with Crippen molar-refractivity contribution in [3.05, 3.63) is 65.2 Å². The molecule has 1 aliphatic heterocycles. The summed E-state index contributed by atoms with van der Waals surface area (Å²) in [4.78, 5) is 15.7. The lowest BCUT2D eigenvalue weighted by atomic mass is 9.95. The molecule has 3 rings (SSSR count). The Hall–Kier alpha value is -1.49. The van der Waals surface area contributed by atoms with E-state index in [0.717, 1.165) is 6.54 Å². The van der Waals surface area contributed by atoms with Gasteiger partial charge in [0.15, 0.2) is 0 Å². The Morgan fingerprint density at radius 1 is 1.16 bits per heavy atom. The van der Waals surface area contributed by atoms with Crippen molar-refractivity contribution in [2.24, 2.45) is 5.73 Å². The molecule has 2 aromatic rings. The van der Waals surface area contributed by atoms with Gasteiger partial charge in [0.1, 0.15) is 0 Å². The number of benzene rings is 2. The number of aryl methyl sites for hydroxylation is 2. The molecule has 0 unspecified atom stereocenters. The highest BCUT2D eigenvalue weighted by Crippen LogP contribution is 2.28. The van der Waals surface area contributed by atoms with Gasteiger partial charge in [0.25, 0.3) is 0 Å². The Morgan fingerprint density at radius 2 is 1.88 bits per heavy atom. The minimum atomic E-state index is 0. The fraction of sp³-hybridized carbons (Fsp3) is 0.350. The van der Waals surface area contributed by atoms with Gasteiger partial charge in [-0.15, -0.1) is 24.2 Å². The normalized spacial score (nSPS) is 19.6. The molecule has 0 aromatic heterocycles. The maximum absolute atomic E-state index is 12.6. The molecule has 0 aliphatic carbocycles. The van der Waals surface area contributed by atoms with E-state index in [4.69, 9.17) is 5.73 Å². The van der Waals surface area contributed by atoms with Crippen LogP contribution in [0.2, 0.25) is 0 Å². The molecule has 0 spiro atoms. The van der Waals surface area contributed by atoms with Gasteiger partial charge in [0, 0.05) is 29.9 Å². The van der Waals surface area contributed by atoms with Crippen LogP contribution in [0.1, 0.15) is 22.6 Å². The van der Waals surface area contributed by atoms with Crippen LogP contribution in [-0.4, -0.2) is 35.7 Å². The van der Waals surface area contributed by atoms with Crippen LogP contribution in [0.5, 0.6) is 0 Å². The molecule has 0 saturated carbocycles. The number of nitrogens with two attached hydrogens (primary N) is 1. The van der Waals surface area contributed by atoms with Crippen LogP contribution in [0, 0.1) is 13.8 Å². The summed E-state index contributed by atoms with van der Waals surface area (Å²) in [5.74, 6) is 0.883. The number of carbonyl (C=O) groups is 1. The van der Waals surface area contributed by atoms with Gasteiger partial charge in [-0.05, 0) is 31.0 Å². The van der Waals surface area contributed by atoms with Gasteiger partial charge < -0.3 is 10.6 Å². The van der Waals surface area contributed by atoms with E-state index in [1.54, 1.807) is 11.8 Å². The highest BCUT2D eigenvalue weighted by atomic mass is 35.5. The zero-order valence-corrected chi connectivity index (χ0v) is 16.3. The fourth-order valence-corrected chi connectivity index (χ4v) is 4.21. The van der Waals surface area contributed by atoms with E-state index in [0.29, 0.717) is 12.3 Å². The van der Waals surface area contributed by atoms with Crippen LogP contribution in [-0.2, 0) is 4.79 Å². The molecule has 25 heavy (non-hydrogen) atoms. The van der Waals surface area contributed by atoms with Crippen molar-refractivity contribution in [3.8, 4) is 0 Å². The number of carbonyl (C=O) groups excluding carboxylic acids is 1. The summed E-state index contributed by atoms with van der Waals surface area (Å²) < 4.78 is 0. The molecular formula is C20H25ClN2OS. The van der Waals surface area contributed by atoms with Crippen LogP contribution < -0.4 is 5.73 Å². The lowest BCUT2D eigenvalue weighted by Gasteiger charge is -2.17. The summed E-state index contributed by atoms with van der Waals surface area (Å²) in [6.45, 7) is 5.53. The van der Waals surface area contributed by atoms with Gasteiger partial charge in [-0.25, -0.2) is 0 Å². The monoisotopic (exact) mass is 376 g/mol. The quantitative estimate of drug-likeness (QED) is 0.826. The second kappa shape index (κ2) is 8.75. The fourth-order valence-electron chi connectivity index (χ4n) is 3.18. The number of likely N-dealkylation sites (tertiary alicyclic amines) is 1. The van der Waals surface area contributed by atoms with Crippen molar-refractivity contribution in [3.63, 3.8) is 0 Å².